The van der Waals surface area contributed by atoms with E-state index in [9.17, 15) is 0 Å². The highest BCUT2D eigenvalue weighted by Crippen LogP contribution is 2.26. The van der Waals surface area contributed by atoms with E-state index >= 15 is 0 Å². The van der Waals surface area contributed by atoms with Crippen molar-refractivity contribution < 1.29 is 4.42 Å². The minimum Gasteiger partial charge on any atom is -0.444 e. The fourth-order valence-corrected chi connectivity index (χ4v) is 4.08. The maximum atomic E-state index is 6.04. The molecule has 5 nitrogen and oxygen atoms in total. The third-order valence-electron chi connectivity index (χ3n) is 4.86. The molecule has 0 amide bonds. The van der Waals surface area contributed by atoms with Crippen LogP contribution in [0.25, 0.3) is 10.7 Å². The van der Waals surface area contributed by atoms with Crippen LogP contribution in [0, 0.1) is 0 Å². The number of hydrogen-bond acceptors (Lipinski definition) is 6. The highest BCUT2D eigenvalue weighted by Gasteiger charge is 2.20. The lowest BCUT2D eigenvalue weighted by Crippen LogP contribution is -2.30. The fourth-order valence-electron chi connectivity index (χ4n) is 3.41. The van der Waals surface area contributed by atoms with Gasteiger partial charge in [0.15, 0.2) is 11.7 Å². The zero-order valence-corrected chi connectivity index (χ0v) is 16.1. The van der Waals surface area contributed by atoms with E-state index in [0.717, 1.165) is 61.5 Å². The first kappa shape index (κ1) is 17.2. The molecule has 0 bridgehead atoms. The van der Waals surface area contributed by atoms with Crippen molar-refractivity contribution in [3.8, 4) is 10.7 Å². The van der Waals surface area contributed by atoms with Gasteiger partial charge in [-0.1, -0.05) is 6.07 Å². The number of fused-ring (bicyclic) bond motifs is 1. The van der Waals surface area contributed by atoms with E-state index in [2.05, 4.69) is 52.2 Å². The second-order valence-electron chi connectivity index (χ2n) is 6.52. The molecular formula is C20H24N4OS. The Morgan fingerprint density at radius 2 is 2.12 bits per heavy atom. The van der Waals surface area contributed by atoms with Crippen LogP contribution in [0.3, 0.4) is 0 Å². The van der Waals surface area contributed by atoms with Crippen molar-refractivity contribution >= 4 is 17.2 Å². The second-order valence-corrected chi connectivity index (χ2v) is 7.46. The summed E-state index contributed by atoms with van der Waals surface area (Å²) in [6.07, 6.45) is 2.95. The van der Waals surface area contributed by atoms with Crippen LogP contribution in [-0.4, -0.2) is 34.5 Å². The van der Waals surface area contributed by atoms with Gasteiger partial charge in [0.25, 0.3) is 0 Å². The largest absolute Gasteiger partial charge is 0.444 e. The van der Waals surface area contributed by atoms with Gasteiger partial charge in [-0.25, -0.2) is 9.97 Å². The molecule has 0 saturated heterocycles. The number of furan rings is 1. The second kappa shape index (κ2) is 7.60. The number of aromatic nitrogens is 2. The van der Waals surface area contributed by atoms with E-state index in [1.165, 1.54) is 11.3 Å². The van der Waals surface area contributed by atoms with E-state index in [4.69, 9.17) is 9.40 Å². The van der Waals surface area contributed by atoms with Crippen molar-refractivity contribution in [2.75, 3.05) is 24.5 Å². The number of rotatable bonds is 6. The first-order valence-corrected chi connectivity index (χ1v) is 10.1. The fraction of sp³-hybridized carbons (Fsp3) is 0.400. The van der Waals surface area contributed by atoms with Gasteiger partial charge in [0.2, 0.25) is 0 Å². The summed E-state index contributed by atoms with van der Waals surface area (Å²) in [6, 6.07) is 8.29. The molecule has 6 heteroatoms. The van der Waals surface area contributed by atoms with Crippen molar-refractivity contribution in [2.45, 2.75) is 33.4 Å². The summed E-state index contributed by atoms with van der Waals surface area (Å²) in [6.45, 7) is 8.92. The summed E-state index contributed by atoms with van der Waals surface area (Å²) in [7, 11) is 0. The zero-order chi connectivity index (χ0) is 17.9. The molecule has 0 aromatic carbocycles. The van der Waals surface area contributed by atoms with Crippen LogP contribution in [-0.2, 0) is 19.5 Å². The molecule has 0 fully saturated rings. The molecule has 1 aliphatic heterocycles. The summed E-state index contributed by atoms with van der Waals surface area (Å²) in [5, 5.41) is 2.07. The molecule has 0 aliphatic carbocycles. The molecule has 4 rings (SSSR count). The van der Waals surface area contributed by atoms with Crippen molar-refractivity contribution in [3.63, 3.8) is 0 Å². The Kier molecular flexibility index (Phi) is 5.04. The Morgan fingerprint density at radius 3 is 2.88 bits per heavy atom. The topological polar surface area (TPSA) is 45.4 Å². The van der Waals surface area contributed by atoms with Crippen LogP contribution in [0.4, 0.5) is 5.88 Å². The molecule has 136 valence electrons. The van der Waals surface area contributed by atoms with Gasteiger partial charge < -0.3 is 9.32 Å². The molecule has 4 heterocycles. The SMILES string of the molecule is CCN(CC)c1ccc(CN2CCc3nc(-c4cccs4)ncc3C2)o1. The summed E-state index contributed by atoms with van der Waals surface area (Å²) in [5.74, 6) is 2.83. The van der Waals surface area contributed by atoms with Gasteiger partial charge in [0, 0.05) is 50.4 Å². The van der Waals surface area contributed by atoms with Crippen LogP contribution in [0.5, 0.6) is 0 Å². The highest BCUT2D eigenvalue weighted by molar-refractivity contribution is 7.13. The van der Waals surface area contributed by atoms with E-state index in [-0.39, 0.29) is 0 Å². The summed E-state index contributed by atoms with van der Waals surface area (Å²) in [5.41, 5.74) is 2.41. The Balaban J connectivity index is 1.44. The number of nitrogens with zero attached hydrogens (tertiary/aromatic N) is 4. The van der Waals surface area contributed by atoms with Crippen molar-refractivity contribution in [1.82, 2.24) is 14.9 Å². The molecule has 0 N–H and O–H groups in total. The molecule has 3 aromatic rings. The van der Waals surface area contributed by atoms with Crippen LogP contribution >= 0.6 is 11.3 Å². The van der Waals surface area contributed by atoms with Crippen molar-refractivity contribution in [2.24, 2.45) is 0 Å². The molecular weight excluding hydrogens is 344 g/mol. The summed E-state index contributed by atoms with van der Waals surface area (Å²) in [4.78, 5) is 15.1. The van der Waals surface area contributed by atoms with Gasteiger partial charge in [-0.05, 0) is 31.4 Å². The minimum absolute atomic E-state index is 0.827. The summed E-state index contributed by atoms with van der Waals surface area (Å²) >= 11 is 1.69. The van der Waals surface area contributed by atoms with Gasteiger partial charge in [-0.3, -0.25) is 4.90 Å². The number of anilines is 1. The molecule has 0 saturated carbocycles. The first-order chi connectivity index (χ1) is 12.8. The third-order valence-corrected chi connectivity index (χ3v) is 5.72. The molecule has 0 spiro atoms. The van der Waals surface area contributed by atoms with Crippen LogP contribution < -0.4 is 4.90 Å². The lowest BCUT2D eigenvalue weighted by atomic mass is 10.1. The van der Waals surface area contributed by atoms with E-state index < -0.39 is 0 Å². The number of hydrogen-bond donors (Lipinski definition) is 0. The highest BCUT2D eigenvalue weighted by atomic mass is 32.1. The molecule has 1 aliphatic rings. The summed E-state index contributed by atoms with van der Waals surface area (Å²) < 4.78 is 6.04. The molecule has 3 aromatic heterocycles. The van der Waals surface area contributed by atoms with Gasteiger partial charge in [0.05, 0.1) is 17.1 Å². The van der Waals surface area contributed by atoms with Gasteiger partial charge >= 0.3 is 0 Å². The maximum absolute atomic E-state index is 6.04. The number of thiophene rings is 1. The van der Waals surface area contributed by atoms with Crippen LogP contribution in [0.15, 0.2) is 40.3 Å². The van der Waals surface area contributed by atoms with Crippen molar-refractivity contribution in [1.29, 1.82) is 0 Å². The van der Waals surface area contributed by atoms with Gasteiger partial charge in [-0.15, -0.1) is 11.3 Å². The predicted molar refractivity (Wildman–Crippen MR) is 105 cm³/mol. The third kappa shape index (κ3) is 3.52. The van der Waals surface area contributed by atoms with Crippen LogP contribution in [0.1, 0.15) is 30.9 Å². The predicted octanol–water partition coefficient (Wildman–Crippen LogP) is 4.20. The van der Waals surface area contributed by atoms with Gasteiger partial charge in [-0.2, -0.15) is 0 Å². The smallest absolute Gasteiger partial charge is 0.195 e. The normalized spacial score (nSPS) is 14.4. The molecule has 0 atom stereocenters. The monoisotopic (exact) mass is 368 g/mol. The Morgan fingerprint density at radius 1 is 1.23 bits per heavy atom. The Bertz CT molecular complexity index is 855. The standard InChI is InChI=1S/C20H24N4OS/c1-3-24(4-2)19-8-7-16(25-19)14-23-10-9-17-15(13-23)12-21-20(22-17)18-6-5-11-26-18/h5-8,11-12H,3-4,9-10,13-14H2,1-2H3. The molecule has 26 heavy (non-hydrogen) atoms. The Labute approximate surface area is 158 Å². The van der Waals surface area contributed by atoms with E-state index in [0.29, 0.717) is 0 Å². The van der Waals surface area contributed by atoms with Gasteiger partial charge in [0.1, 0.15) is 5.76 Å². The van der Waals surface area contributed by atoms with Crippen molar-refractivity contribution in [3.05, 3.63) is 52.9 Å². The Hall–Kier alpha value is -2.18. The lowest BCUT2D eigenvalue weighted by molar-refractivity contribution is 0.224. The van der Waals surface area contributed by atoms with E-state index in [1.807, 2.05) is 12.3 Å². The molecule has 0 radical (unpaired) electrons. The maximum Gasteiger partial charge on any atom is 0.195 e. The van der Waals surface area contributed by atoms with E-state index in [1.54, 1.807) is 11.3 Å². The van der Waals surface area contributed by atoms with Crippen LogP contribution in [0.2, 0.25) is 0 Å². The molecule has 0 unspecified atom stereocenters. The quantitative estimate of drug-likeness (QED) is 0.652. The lowest BCUT2D eigenvalue weighted by Gasteiger charge is -2.27. The zero-order valence-electron chi connectivity index (χ0n) is 15.3. The average molecular weight is 369 g/mol. The minimum atomic E-state index is 0.827. The average Bonchev–Trinajstić information content (AvgIpc) is 3.35. The first-order valence-electron chi connectivity index (χ1n) is 9.21.